The van der Waals surface area contributed by atoms with Crippen LogP contribution >= 0.6 is 0 Å². The molecule has 6 nitrogen and oxygen atoms in total. The molecule has 6 heteroatoms. The van der Waals surface area contributed by atoms with E-state index in [0.29, 0.717) is 29.8 Å². The molecule has 0 amide bonds. The zero-order chi connectivity index (χ0) is 22.7. The quantitative estimate of drug-likeness (QED) is 0.369. The second-order valence-corrected chi connectivity index (χ2v) is 8.55. The molecule has 0 saturated heterocycles. The lowest BCUT2D eigenvalue weighted by atomic mass is 9.88. The first-order chi connectivity index (χ1) is 15.4. The van der Waals surface area contributed by atoms with Gasteiger partial charge in [0.15, 0.2) is 0 Å². The second kappa shape index (κ2) is 9.22. The molecule has 1 N–H and O–H groups in total. The van der Waals surface area contributed by atoms with Crippen molar-refractivity contribution in [1.29, 1.82) is 0 Å². The molecule has 1 unspecified atom stereocenters. The Kier molecular flexibility index (Phi) is 6.21. The summed E-state index contributed by atoms with van der Waals surface area (Å²) in [5.74, 6) is -0.577. The van der Waals surface area contributed by atoms with Gasteiger partial charge < -0.3 is 9.84 Å². The molecule has 0 aliphatic rings. The summed E-state index contributed by atoms with van der Waals surface area (Å²) in [7, 11) is 0. The Bertz CT molecular complexity index is 1230. The summed E-state index contributed by atoms with van der Waals surface area (Å²) >= 11 is 0. The van der Waals surface area contributed by atoms with E-state index in [1.165, 1.54) is 5.56 Å². The summed E-state index contributed by atoms with van der Waals surface area (Å²) in [5, 5.41) is 17.7. The molecule has 3 aromatic carbocycles. The van der Waals surface area contributed by atoms with Gasteiger partial charge in [0, 0.05) is 0 Å². The number of aryl methyl sites for hydroxylation is 1. The molecule has 4 aromatic rings. The average molecular weight is 431 g/mol. The van der Waals surface area contributed by atoms with Crippen molar-refractivity contribution in [3.05, 3.63) is 77.4 Å². The molecular weight excluding hydrogens is 404 g/mol. The molecule has 4 rings (SSSR count). The first-order valence-electron chi connectivity index (χ1n) is 10.7. The van der Waals surface area contributed by atoms with E-state index in [1.807, 2.05) is 81.4 Å². The first kappa shape index (κ1) is 21.6. The Morgan fingerprint density at radius 3 is 2.44 bits per heavy atom. The van der Waals surface area contributed by atoms with Crippen molar-refractivity contribution in [2.24, 2.45) is 5.92 Å². The molecule has 0 spiro atoms. The van der Waals surface area contributed by atoms with Gasteiger partial charge in [-0.1, -0.05) is 55.8 Å². The molecule has 0 bridgehead atoms. The van der Waals surface area contributed by atoms with Crippen LogP contribution in [0.25, 0.3) is 22.2 Å². The average Bonchev–Trinajstić information content (AvgIpc) is 3.24. The maximum Gasteiger partial charge on any atom is 0.310 e. The third kappa shape index (κ3) is 4.97. The van der Waals surface area contributed by atoms with Crippen LogP contribution in [0.15, 0.2) is 65.3 Å². The van der Waals surface area contributed by atoms with E-state index < -0.39 is 11.9 Å². The van der Waals surface area contributed by atoms with Crippen LogP contribution in [0.1, 0.15) is 42.9 Å². The third-order valence-electron chi connectivity index (χ3n) is 5.45. The Balaban J connectivity index is 1.72. The number of hydrogen-bond acceptors (Lipinski definition) is 5. The predicted molar refractivity (Wildman–Crippen MR) is 123 cm³/mol. The molecule has 0 radical (unpaired) electrons. The molecule has 32 heavy (non-hydrogen) atoms. The van der Waals surface area contributed by atoms with E-state index in [2.05, 4.69) is 10.3 Å². The molecule has 0 saturated carbocycles. The van der Waals surface area contributed by atoms with Crippen LogP contribution in [-0.4, -0.2) is 21.4 Å². The van der Waals surface area contributed by atoms with Gasteiger partial charge in [0.1, 0.15) is 23.4 Å². The van der Waals surface area contributed by atoms with Crippen molar-refractivity contribution in [2.45, 2.75) is 39.7 Å². The largest absolute Gasteiger partial charge is 0.489 e. The predicted octanol–water partition coefficient (Wildman–Crippen LogP) is 5.99. The number of ether oxygens (including phenoxy) is 1. The van der Waals surface area contributed by atoms with Crippen LogP contribution in [0, 0.1) is 12.8 Å². The summed E-state index contributed by atoms with van der Waals surface area (Å²) in [6.07, 6.45) is 0.544. The SMILES string of the molecule is Cc1ccc(COc2cc(-c3ccc4nonc4c3)cc(C(CC(C)C)C(=O)O)c2)cc1. The summed E-state index contributed by atoms with van der Waals surface area (Å²) < 4.78 is 10.9. The molecule has 0 fully saturated rings. The van der Waals surface area contributed by atoms with Crippen LogP contribution in [-0.2, 0) is 11.4 Å². The van der Waals surface area contributed by atoms with Gasteiger partial charge in [-0.25, -0.2) is 4.63 Å². The van der Waals surface area contributed by atoms with Crippen LogP contribution in [0.2, 0.25) is 0 Å². The van der Waals surface area contributed by atoms with E-state index in [1.54, 1.807) is 0 Å². The van der Waals surface area contributed by atoms with Gasteiger partial charge in [-0.2, -0.15) is 0 Å². The standard InChI is InChI=1S/C26H26N2O4/c1-16(2)10-23(26(29)30)21-11-20(19-8-9-24-25(14-19)28-32-27-24)12-22(13-21)31-15-18-6-4-17(3)5-7-18/h4-9,11-14,16,23H,10,15H2,1-3H3,(H,29,30). The van der Waals surface area contributed by atoms with Crippen molar-refractivity contribution < 1.29 is 19.3 Å². The third-order valence-corrected chi connectivity index (χ3v) is 5.45. The Labute approximate surface area is 186 Å². The van der Waals surface area contributed by atoms with Crippen molar-refractivity contribution in [2.75, 3.05) is 0 Å². The number of carbonyl (C=O) groups is 1. The van der Waals surface area contributed by atoms with Gasteiger partial charge in [0.05, 0.1) is 5.92 Å². The first-order valence-corrected chi connectivity index (χ1v) is 10.7. The fourth-order valence-corrected chi connectivity index (χ4v) is 3.74. The highest BCUT2D eigenvalue weighted by Gasteiger charge is 2.23. The fraction of sp³-hybridized carbons (Fsp3) is 0.269. The van der Waals surface area contributed by atoms with Crippen LogP contribution in [0.3, 0.4) is 0 Å². The van der Waals surface area contributed by atoms with Crippen molar-refractivity contribution >= 4 is 17.0 Å². The molecule has 0 aliphatic carbocycles. The normalized spacial score (nSPS) is 12.2. The van der Waals surface area contributed by atoms with Gasteiger partial charge in [0.2, 0.25) is 0 Å². The molecular formula is C26H26N2O4. The van der Waals surface area contributed by atoms with Gasteiger partial charge in [-0.3, -0.25) is 4.79 Å². The number of aliphatic carboxylic acids is 1. The van der Waals surface area contributed by atoms with E-state index in [4.69, 9.17) is 9.37 Å². The number of rotatable bonds is 8. The number of carboxylic acid groups (broad SMARTS) is 1. The maximum atomic E-state index is 12.1. The van der Waals surface area contributed by atoms with Crippen LogP contribution < -0.4 is 4.74 Å². The summed E-state index contributed by atoms with van der Waals surface area (Å²) in [4.78, 5) is 12.1. The number of nitrogens with zero attached hydrogens (tertiary/aromatic N) is 2. The second-order valence-electron chi connectivity index (χ2n) is 8.55. The molecule has 164 valence electrons. The number of aromatic nitrogens is 2. The molecule has 1 heterocycles. The summed E-state index contributed by atoms with van der Waals surface area (Å²) in [6.45, 7) is 6.50. The number of fused-ring (bicyclic) bond motifs is 1. The topological polar surface area (TPSA) is 85.5 Å². The Morgan fingerprint density at radius 2 is 1.72 bits per heavy atom. The smallest absolute Gasteiger partial charge is 0.310 e. The number of carboxylic acids is 1. The van der Waals surface area contributed by atoms with Crippen molar-refractivity contribution in [3.63, 3.8) is 0 Å². The monoisotopic (exact) mass is 430 g/mol. The minimum Gasteiger partial charge on any atom is -0.489 e. The lowest BCUT2D eigenvalue weighted by molar-refractivity contribution is -0.139. The van der Waals surface area contributed by atoms with E-state index in [-0.39, 0.29) is 5.92 Å². The molecule has 1 aromatic heterocycles. The lowest BCUT2D eigenvalue weighted by Gasteiger charge is -2.18. The number of benzene rings is 3. The van der Waals surface area contributed by atoms with E-state index >= 15 is 0 Å². The lowest BCUT2D eigenvalue weighted by Crippen LogP contribution is -2.14. The van der Waals surface area contributed by atoms with Crippen LogP contribution in [0.4, 0.5) is 0 Å². The van der Waals surface area contributed by atoms with Crippen molar-refractivity contribution in [3.8, 4) is 16.9 Å². The van der Waals surface area contributed by atoms with Gasteiger partial charge in [0.25, 0.3) is 0 Å². The Hall–Kier alpha value is -3.67. The maximum absolute atomic E-state index is 12.1. The molecule has 1 atom stereocenters. The fourth-order valence-electron chi connectivity index (χ4n) is 3.74. The van der Waals surface area contributed by atoms with E-state index in [9.17, 15) is 9.90 Å². The van der Waals surface area contributed by atoms with E-state index in [0.717, 1.165) is 22.3 Å². The van der Waals surface area contributed by atoms with Gasteiger partial charge >= 0.3 is 5.97 Å². The highest BCUT2D eigenvalue weighted by molar-refractivity contribution is 5.82. The number of hydrogen-bond donors (Lipinski definition) is 1. The summed E-state index contributed by atoms with van der Waals surface area (Å²) in [5.41, 5.74) is 6.03. The Morgan fingerprint density at radius 1 is 0.969 bits per heavy atom. The molecule has 0 aliphatic heterocycles. The highest BCUT2D eigenvalue weighted by atomic mass is 16.6. The van der Waals surface area contributed by atoms with Crippen LogP contribution in [0.5, 0.6) is 5.75 Å². The van der Waals surface area contributed by atoms with Gasteiger partial charge in [-0.05, 0) is 76.1 Å². The minimum atomic E-state index is -0.837. The van der Waals surface area contributed by atoms with Crippen molar-refractivity contribution in [1.82, 2.24) is 10.3 Å². The highest BCUT2D eigenvalue weighted by Crippen LogP contribution is 2.34. The zero-order valence-electron chi connectivity index (χ0n) is 18.4. The zero-order valence-corrected chi connectivity index (χ0v) is 18.4. The summed E-state index contributed by atoms with van der Waals surface area (Å²) in [6, 6.07) is 19.5. The van der Waals surface area contributed by atoms with Gasteiger partial charge in [-0.15, -0.1) is 0 Å². The minimum absolute atomic E-state index is 0.245.